The number of nitrogens with zero attached hydrogens (tertiary/aromatic N) is 2. The third kappa shape index (κ3) is 3.45. The van der Waals surface area contributed by atoms with Crippen molar-refractivity contribution in [2.75, 3.05) is 26.2 Å². The van der Waals surface area contributed by atoms with Crippen LogP contribution in [-0.2, 0) is 14.8 Å². The van der Waals surface area contributed by atoms with Gasteiger partial charge in [0.15, 0.2) is 0 Å². The van der Waals surface area contributed by atoms with Gasteiger partial charge in [-0.05, 0) is 35.0 Å². The van der Waals surface area contributed by atoms with E-state index in [9.17, 15) is 13.2 Å². The summed E-state index contributed by atoms with van der Waals surface area (Å²) in [5.41, 5.74) is 0. The van der Waals surface area contributed by atoms with E-state index >= 15 is 0 Å². The summed E-state index contributed by atoms with van der Waals surface area (Å²) in [6, 6.07) is 6.09. The smallest absolute Gasteiger partial charge is 0.320 e. The molecule has 21 heavy (non-hydrogen) atoms. The number of hydrogen-bond acceptors (Lipinski definition) is 4. The molecule has 1 aliphatic heterocycles. The second-order valence-corrected chi connectivity index (χ2v) is 7.65. The molecule has 0 saturated carbocycles. The second-order valence-electron chi connectivity index (χ2n) is 4.88. The first-order chi connectivity index (χ1) is 9.84. The molecule has 1 aliphatic rings. The molecule has 0 radical (unpaired) electrons. The molecule has 1 fully saturated rings. The molecule has 1 atom stereocenters. The van der Waals surface area contributed by atoms with Crippen molar-refractivity contribution in [2.24, 2.45) is 0 Å². The fourth-order valence-electron chi connectivity index (χ4n) is 2.28. The molecule has 1 aromatic carbocycles. The lowest BCUT2D eigenvalue weighted by atomic mass is 10.2. The number of benzene rings is 1. The number of carboxylic acids is 1. The molecule has 1 aromatic rings. The molecule has 6 nitrogen and oxygen atoms in total. The van der Waals surface area contributed by atoms with Gasteiger partial charge in [-0.3, -0.25) is 9.69 Å². The monoisotopic (exact) mass is 376 g/mol. The Morgan fingerprint density at radius 3 is 2.33 bits per heavy atom. The fraction of sp³-hybridized carbons (Fsp3) is 0.462. The highest BCUT2D eigenvalue weighted by molar-refractivity contribution is 9.10. The number of rotatable bonds is 4. The van der Waals surface area contributed by atoms with Crippen LogP contribution in [0.15, 0.2) is 33.6 Å². The molecule has 0 unspecified atom stereocenters. The van der Waals surface area contributed by atoms with E-state index < -0.39 is 22.0 Å². The van der Waals surface area contributed by atoms with Crippen LogP contribution in [0, 0.1) is 0 Å². The van der Waals surface area contributed by atoms with Crippen molar-refractivity contribution in [3.63, 3.8) is 0 Å². The minimum atomic E-state index is -3.55. The SMILES string of the molecule is C[C@H](C(=O)O)N1CCN(S(=O)(=O)c2ccccc2Br)CC1. The van der Waals surface area contributed by atoms with Gasteiger partial charge in [-0.2, -0.15) is 4.31 Å². The van der Waals surface area contributed by atoms with Crippen LogP contribution in [-0.4, -0.2) is 60.9 Å². The molecular weight excluding hydrogens is 360 g/mol. The van der Waals surface area contributed by atoms with E-state index in [4.69, 9.17) is 5.11 Å². The van der Waals surface area contributed by atoms with Gasteiger partial charge in [0, 0.05) is 30.7 Å². The maximum absolute atomic E-state index is 12.6. The zero-order valence-corrected chi connectivity index (χ0v) is 14.0. The Hall–Kier alpha value is -0.960. The highest BCUT2D eigenvalue weighted by Gasteiger charge is 2.32. The lowest BCUT2D eigenvalue weighted by molar-refractivity contribution is -0.143. The summed E-state index contributed by atoms with van der Waals surface area (Å²) in [5, 5.41) is 8.99. The van der Waals surface area contributed by atoms with E-state index in [1.807, 2.05) is 0 Å². The molecule has 116 valence electrons. The largest absolute Gasteiger partial charge is 0.480 e. The Bertz CT molecular complexity index is 627. The third-order valence-electron chi connectivity index (χ3n) is 3.63. The molecule has 2 rings (SSSR count). The van der Waals surface area contributed by atoms with Crippen molar-refractivity contribution in [3.8, 4) is 0 Å². The van der Waals surface area contributed by atoms with Gasteiger partial charge in [0.05, 0.1) is 4.90 Å². The normalized spacial score (nSPS) is 19.3. The highest BCUT2D eigenvalue weighted by atomic mass is 79.9. The number of hydrogen-bond donors (Lipinski definition) is 1. The molecule has 1 heterocycles. The average Bonchev–Trinajstić information content (AvgIpc) is 2.46. The van der Waals surface area contributed by atoms with E-state index in [0.717, 1.165) is 0 Å². The van der Waals surface area contributed by atoms with Gasteiger partial charge >= 0.3 is 5.97 Å². The van der Waals surface area contributed by atoms with Crippen molar-refractivity contribution in [2.45, 2.75) is 17.9 Å². The number of aliphatic carboxylic acids is 1. The van der Waals surface area contributed by atoms with Crippen LogP contribution < -0.4 is 0 Å². The van der Waals surface area contributed by atoms with Gasteiger partial charge in [0.1, 0.15) is 6.04 Å². The summed E-state index contributed by atoms with van der Waals surface area (Å²) in [6.07, 6.45) is 0. The number of carbonyl (C=O) groups is 1. The summed E-state index contributed by atoms with van der Waals surface area (Å²) in [6.45, 7) is 3.02. The Balaban J connectivity index is 2.12. The van der Waals surface area contributed by atoms with Crippen molar-refractivity contribution in [1.29, 1.82) is 0 Å². The predicted octanol–water partition coefficient (Wildman–Crippen LogP) is 1.23. The lowest BCUT2D eigenvalue weighted by Crippen LogP contribution is -2.53. The Labute approximate surface area is 132 Å². The van der Waals surface area contributed by atoms with Crippen LogP contribution in [0.2, 0.25) is 0 Å². The molecule has 0 spiro atoms. The molecule has 0 aliphatic carbocycles. The van der Waals surface area contributed by atoms with Crippen molar-refractivity contribution in [3.05, 3.63) is 28.7 Å². The molecule has 1 saturated heterocycles. The predicted molar refractivity (Wildman–Crippen MR) is 81.6 cm³/mol. The molecule has 8 heteroatoms. The summed E-state index contributed by atoms with van der Waals surface area (Å²) in [7, 11) is -3.55. The average molecular weight is 377 g/mol. The number of halogens is 1. The Morgan fingerprint density at radius 2 is 1.81 bits per heavy atom. The minimum Gasteiger partial charge on any atom is -0.480 e. The fourth-order valence-corrected chi connectivity index (χ4v) is 4.67. The van der Waals surface area contributed by atoms with Gasteiger partial charge in [-0.25, -0.2) is 8.42 Å². The van der Waals surface area contributed by atoms with Crippen LogP contribution in [0.1, 0.15) is 6.92 Å². The van der Waals surface area contributed by atoms with Crippen LogP contribution in [0.4, 0.5) is 0 Å². The first kappa shape index (κ1) is 16.4. The molecule has 0 bridgehead atoms. The minimum absolute atomic E-state index is 0.240. The van der Waals surface area contributed by atoms with Crippen LogP contribution in [0.3, 0.4) is 0 Å². The quantitative estimate of drug-likeness (QED) is 0.854. The summed E-state index contributed by atoms with van der Waals surface area (Å²) >= 11 is 3.26. The first-order valence-electron chi connectivity index (χ1n) is 6.55. The first-order valence-corrected chi connectivity index (χ1v) is 8.79. The van der Waals surface area contributed by atoms with E-state index in [2.05, 4.69) is 15.9 Å². The number of sulfonamides is 1. The van der Waals surface area contributed by atoms with E-state index in [0.29, 0.717) is 30.7 Å². The lowest BCUT2D eigenvalue weighted by Gasteiger charge is -2.35. The van der Waals surface area contributed by atoms with Gasteiger partial charge in [0.2, 0.25) is 10.0 Å². The second kappa shape index (κ2) is 6.43. The summed E-state index contributed by atoms with van der Waals surface area (Å²) < 4.78 is 27.1. The van der Waals surface area contributed by atoms with Crippen LogP contribution in [0.5, 0.6) is 0 Å². The Morgan fingerprint density at radius 1 is 1.24 bits per heavy atom. The maximum atomic E-state index is 12.6. The molecule has 1 N–H and O–H groups in total. The highest BCUT2D eigenvalue weighted by Crippen LogP contribution is 2.25. The standard InChI is InChI=1S/C13H17BrN2O4S/c1-10(13(17)18)15-6-8-16(9-7-15)21(19,20)12-5-3-2-4-11(12)14/h2-5,10H,6-9H2,1H3,(H,17,18)/t10-/m1/s1. The van der Waals surface area contributed by atoms with E-state index in [-0.39, 0.29) is 4.90 Å². The number of carboxylic acid groups (broad SMARTS) is 1. The molecule has 0 aromatic heterocycles. The molecular formula is C13H17BrN2O4S. The van der Waals surface area contributed by atoms with Gasteiger partial charge in [-0.15, -0.1) is 0 Å². The van der Waals surface area contributed by atoms with Crippen LogP contribution >= 0.6 is 15.9 Å². The summed E-state index contributed by atoms with van der Waals surface area (Å²) in [4.78, 5) is 13.0. The van der Waals surface area contributed by atoms with Crippen molar-refractivity contribution in [1.82, 2.24) is 9.21 Å². The van der Waals surface area contributed by atoms with E-state index in [1.54, 1.807) is 36.1 Å². The number of piperazine rings is 1. The summed E-state index contributed by atoms with van der Waals surface area (Å²) in [5.74, 6) is -0.892. The zero-order valence-electron chi connectivity index (χ0n) is 11.6. The van der Waals surface area contributed by atoms with Crippen molar-refractivity contribution < 1.29 is 18.3 Å². The third-order valence-corrected chi connectivity index (χ3v) is 6.54. The maximum Gasteiger partial charge on any atom is 0.320 e. The van der Waals surface area contributed by atoms with E-state index in [1.165, 1.54) is 4.31 Å². The Kier molecular flexibility index (Phi) is 5.03. The topological polar surface area (TPSA) is 77.9 Å². The van der Waals surface area contributed by atoms with Crippen molar-refractivity contribution >= 4 is 31.9 Å². The zero-order chi connectivity index (χ0) is 15.6. The van der Waals surface area contributed by atoms with Gasteiger partial charge in [0.25, 0.3) is 0 Å². The van der Waals surface area contributed by atoms with Gasteiger partial charge in [-0.1, -0.05) is 12.1 Å². The van der Waals surface area contributed by atoms with Crippen LogP contribution in [0.25, 0.3) is 0 Å². The van der Waals surface area contributed by atoms with Gasteiger partial charge < -0.3 is 5.11 Å². The molecule has 0 amide bonds.